The number of nitrogens with one attached hydrogen (secondary N) is 1. The summed E-state index contributed by atoms with van der Waals surface area (Å²) in [7, 11) is 0. The quantitative estimate of drug-likeness (QED) is 0.477. The Morgan fingerprint density at radius 3 is 2.67 bits per heavy atom. The topological polar surface area (TPSA) is 58.3 Å². The molecule has 4 N–H and O–H groups in total. The van der Waals surface area contributed by atoms with Crippen molar-refractivity contribution >= 4 is 0 Å². The van der Waals surface area contributed by atoms with E-state index in [0.717, 1.165) is 19.3 Å². The van der Waals surface area contributed by atoms with Gasteiger partial charge in [0.2, 0.25) is 0 Å². The van der Waals surface area contributed by atoms with Gasteiger partial charge in [-0.1, -0.05) is 13.3 Å². The zero-order valence-electron chi connectivity index (χ0n) is 5.93. The largest absolute Gasteiger partial charge is 0.328 e. The second-order valence-corrected chi connectivity index (χ2v) is 2.25. The molecule has 0 aromatic heterocycles. The third-order valence-corrected chi connectivity index (χ3v) is 1.29. The van der Waals surface area contributed by atoms with E-state index in [2.05, 4.69) is 12.4 Å². The second-order valence-electron chi connectivity index (χ2n) is 2.25. The molecule has 0 saturated heterocycles. The summed E-state index contributed by atoms with van der Waals surface area (Å²) in [5.41, 5.74) is 7.70. The van der Waals surface area contributed by atoms with E-state index in [4.69, 9.17) is 10.9 Å². The maximum absolute atomic E-state index is 8.18. The molecule has 9 heavy (non-hydrogen) atoms. The molecule has 3 heteroatoms. The van der Waals surface area contributed by atoms with Crippen LogP contribution in [0.25, 0.3) is 0 Å². The number of rotatable bonds is 5. The number of hydroxylamine groups is 1. The van der Waals surface area contributed by atoms with Crippen LogP contribution in [0.5, 0.6) is 0 Å². The first-order valence-electron chi connectivity index (χ1n) is 3.43. The van der Waals surface area contributed by atoms with Gasteiger partial charge in [0, 0.05) is 12.6 Å². The lowest BCUT2D eigenvalue weighted by molar-refractivity contribution is 0.162. The SMILES string of the molecule is CCCC(N)CCNO. The van der Waals surface area contributed by atoms with Crippen LogP contribution in [0.15, 0.2) is 0 Å². The Morgan fingerprint density at radius 1 is 1.56 bits per heavy atom. The van der Waals surface area contributed by atoms with Gasteiger partial charge in [-0.25, -0.2) is 5.48 Å². The molecule has 0 fully saturated rings. The summed E-state index contributed by atoms with van der Waals surface area (Å²) >= 11 is 0. The maximum atomic E-state index is 8.18. The van der Waals surface area contributed by atoms with Gasteiger partial charge in [0.1, 0.15) is 0 Å². The van der Waals surface area contributed by atoms with Gasteiger partial charge in [-0.05, 0) is 12.8 Å². The van der Waals surface area contributed by atoms with Crippen molar-refractivity contribution in [2.75, 3.05) is 6.54 Å². The zero-order valence-corrected chi connectivity index (χ0v) is 5.93. The van der Waals surface area contributed by atoms with Crippen LogP contribution in [-0.2, 0) is 0 Å². The van der Waals surface area contributed by atoms with Crippen LogP contribution in [0.2, 0.25) is 0 Å². The Kier molecular flexibility index (Phi) is 5.93. The predicted molar refractivity (Wildman–Crippen MR) is 37.3 cm³/mol. The fourth-order valence-corrected chi connectivity index (χ4v) is 0.765. The Bertz CT molecular complexity index is 59.0. The van der Waals surface area contributed by atoms with Gasteiger partial charge in [-0.15, -0.1) is 0 Å². The maximum Gasteiger partial charge on any atom is 0.0222 e. The smallest absolute Gasteiger partial charge is 0.0222 e. The molecule has 0 aliphatic carbocycles. The summed E-state index contributed by atoms with van der Waals surface area (Å²) in [6.45, 7) is 2.70. The van der Waals surface area contributed by atoms with Gasteiger partial charge >= 0.3 is 0 Å². The highest BCUT2D eigenvalue weighted by Crippen LogP contribution is 1.95. The molecular formula is C6H16N2O. The molecule has 0 bridgehead atoms. The minimum absolute atomic E-state index is 0.245. The first kappa shape index (κ1) is 8.88. The summed E-state index contributed by atoms with van der Waals surface area (Å²) in [5.74, 6) is 0. The Morgan fingerprint density at radius 2 is 2.22 bits per heavy atom. The summed E-state index contributed by atoms with van der Waals surface area (Å²) in [6.07, 6.45) is 3.01. The van der Waals surface area contributed by atoms with Crippen molar-refractivity contribution < 1.29 is 5.21 Å². The van der Waals surface area contributed by atoms with Gasteiger partial charge in [0.25, 0.3) is 0 Å². The van der Waals surface area contributed by atoms with Crippen molar-refractivity contribution in [1.29, 1.82) is 0 Å². The first-order valence-corrected chi connectivity index (χ1v) is 3.43. The molecule has 1 unspecified atom stereocenters. The lowest BCUT2D eigenvalue weighted by Crippen LogP contribution is -2.24. The number of hydrogen-bond acceptors (Lipinski definition) is 3. The van der Waals surface area contributed by atoms with E-state index in [-0.39, 0.29) is 6.04 Å². The number of nitrogens with two attached hydrogens (primary N) is 1. The fraction of sp³-hybridized carbons (Fsp3) is 1.00. The average molecular weight is 132 g/mol. The van der Waals surface area contributed by atoms with Gasteiger partial charge in [-0.2, -0.15) is 0 Å². The van der Waals surface area contributed by atoms with Crippen LogP contribution in [0.1, 0.15) is 26.2 Å². The molecule has 0 radical (unpaired) electrons. The Hall–Kier alpha value is -0.120. The third-order valence-electron chi connectivity index (χ3n) is 1.29. The predicted octanol–water partition coefficient (Wildman–Crippen LogP) is 0.483. The molecule has 0 amide bonds. The van der Waals surface area contributed by atoms with Crippen molar-refractivity contribution in [2.24, 2.45) is 5.73 Å². The average Bonchev–Trinajstić information content (AvgIpc) is 1.85. The minimum Gasteiger partial charge on any atom is -0.328 e. The number of hydrogen-bond donors (Lipinski definition) is 3. The molecule has 0 aliphatic rings. The highest BCUT2D eigenvalue weighted by atomic mass is 16.5. The molecule has 0 aliphatic heterocycles. The van der Waals surface area contributed by atoms with E-state index in [0.29, 0.717) is 6.54 Å². The summed E-state index contributed by atoms with van der Waals surface area (Å²) in [6, 6.07) is 0.245. The van der Waals surface area contributed by atoms with Crippen molar-refractivity contribution in [3.63, 3.8) is 0 Å². The monoisotopic (exact) mass is 132 g/mol. The van der Waals surface area contributed by atoms with Crippen molar-refractivity contribution in [1.82, 2.24) is 5.48 Å². The summed E-state index contributed by atoms with van der Waals surface area (Å²) in [5, 5.41) is 8.18. The molecule has 1 atom stereocenters. The van der Waals surface area contributed by atoms with Crippen LogP contribution < -0.4 is 11.2 Å². The summed E-state index contributed by atoms with van der Waals surface area (Å²) < 4.78 is 0. The van der Waals surface area contributed by atoms with Crippen molar-refractivity contribution in [3.8, 4) is 0 Å². The third kappa shape index (κ3) is 5.76. The normalized spacial score (nSPS) is 13.7. The Balaban J connectivity index is 2.95. The van der Waals surface area contributed by atoms with Crippen LogP contribution in [-0.4, -0.2) is 17.8 Å². The zero-order chi connectivity index (χ0) is 7.11. The molecule has 0 rings (SSSR count). The first-order chi connectivity index (χ1) is 4.31. The standard InChI is InChI=1S/C6H16N2O/c1-2-3-6(7)4-5-8-9/h6,8-9H,2-5,7H2,1H3. The van der Waals surface area contributed by atoms with Gasteiger partial charge in [-0.3, -0.25) is 0 Å². The summed E-state index contributed by atoms with van der Waals surface area (Å²) in [4.78, 5) is 0. The molecule has 0 saturated carbocycles. The molecule has 3 nitrogen and oxygen atoms in total. The molecule has 0 aromatic rings. The van der Waals surface area contributed by atoms with Crippen molar-refractivity contribution in [3.05, 3.63) is 0 Å². The van der Waals surface area contributed by atoms with Crippen LogP contribution in [0.4, 0.5) is 0 Å². The fourth-order valence-electron chi connectivity index (χ4n) is 0.765. The van der Waals surface area contributed by atoms with Gasteiger partial charge < -0.3 is 10.9 Å². The second kappa shape index (κ2) is 6.01. The molecule has 0 spiro atoms. The van der Waals surface area contributed by atoms with E-state index >= 15 is 0 Å². The lowest BCUT2D eigenvalue weighted by atomic mass is 10.1. The van der Waals surface area contributed by atoms with Gasteiger partial charge in [0.05, 0.1) is 0 Å². The molecule has 56 valence electrons. The molecular weight excluding hydrogens is 116 g/mol. The van der Waals surface area contributed by atoms with E-state index in [1.54, 1.807) is 0 Å². The van der Waals surface area contributed by atoms with Crippen LogP contribution >= 0.6 is 0 Å². The van der Waals surface area contributed by atoms with Crippen LogP contribution in [0.3, 0.4) is 0 Å². The van der Waals surface area contributed by atoms with Gasteiger partial charge in [0.15, 0.2) is 0 Å². The lowest BCUT2D eigenvalue weighted by Gasteiger charge is -2.07. The van der Waals surface area contributed by atoms with Crippen LogP contribution in [0, 0.1) is 0 Å². The molecule has 0 heterocycles. The van der Waals surface area contributed by atoms with E-state index in [1.165, 1.54) is 0 Å². The van der Waals surface area contributed by atoms with E-state index in [1.807, 2.05) is 0 Å². The van der Waals surface area contributed by atoms with E-state index < -0.39 is 0 Å². The highest BCUT2D eigenvalue weighted by Gasteiger charge is 1.97. The highest BCUT2D eigenvalue weighted by molar-refractivity contribution is 4.59. The van der Waals surface area contributed by atoms with Crippen molar-refractivity contribution in [2.45, 2.75) is 32.2 Å². The minimum atomic E-state index is 0.245. The Labute approximate surface area is 56.2 Å². The molecule has 0 aromatic carbocycles. The van der Waals surface area contributed by atoms with E-state index in [9.17, 15) is 0 Å².